The van der Waals surface area contributed by atoms with E-state index in [0.29, 0.717) is 28.1 Å². The van der Waals surface area contributed by atoms with Crippen LogP contribution in [-0.2, 0) is 4.79 Å². The molecule has 1 amide bonds. The number of hydrogen-bond acceptors (Lipinski definition) is 4. The van der Waals surface area contributed by atoms with Crippen molar-refractivity contribution >= 4 is 33.9 Å². The molecule has 0 bridgehead atoms. The van der Waals surface area contributed by atoms with Crippen LogP contribution >= 0.6 is 15.9 Å². The molecule has 7 heteroatoms. The molecule has 0 aromatic heterocycles. The molecule has 1 aliphatic heterocycles. The number of nitrogens with zero attached hydrogens (tertiary/aromatic N) is 1. The van der Waals surface area contributed by atoms with Crippen molar-refractivity contribution in [3.8, 4) is 11.5 Å². The molecule has 0 saturated carbocycles. The van der Waals surface area contributed by atoms with Crippen LogP contribution in [0.3, 0.4) is 0 Å². The van der Waals surface area contributed by atoms with E-state index in [4.69, 9.17) is 10.1 Å². The van der Waals surface area contributed by atoms with Crippen LogP contribution < -0.4 is 10.1 Å². The van der Waals surface area contributed by atoms with Gasteiger partial charge in [0.15, 0.2) is 11.5 Å². The van der Waals surface area contributed by atoms with Gasteiger partial charge in [0.25, 0.3) is 5.91 Å². The van der Waals surface area contributed by atoms with E-state index in [0.717, 1.165) is 0 Å². The Labute approximate surface area is 124 Å². The van der Waals surface area contributed by atoms with Gasteiger partial charge in [-0.2, -0.15) is 0 Å². The third kappa shape index (κ3) is 2.62. The molecule has 1 heterocycles. The van der Waals surface area contributed by atoms with Crippen molar-refractivity contribution in [2.45, 2.75) is 6.92 Å². The monoisotopic (exact) mass is 339 g/mol. The van der Waals surface area contributed by atoms with E-state index >= 15 is 0 Å². The van der Waals surface area contributed by atoms with Crippen LogP contribution in [0, 0.1) is 5.41 Å². The molecule has 6 nitrogen and oxygen atoms in total. The van der Waals surface area contributed by atoms with Crippen LogP contribution in [0.5, 0.6) is 11.5 Å². The topological polar surface area (TPSA) is 85.7 Å². The minimum atomic E-state index is -0.334. The number of benzene rings is 1. The highest BCUT2D eigenvalue weighted by molar-refractivity contribution is 9.10. The van der Waals surface area contributed by atoms with Gasteiger partial charge >= 0.3 is 0 Å². The summed E-state index contributed by atoms with van der Waals surface area (Å²) in [6, 6.07) is 3.31. The van der Waals surface area contributed by atoms with Gasteiger partial charge in [0, 0.05) is 7.05 Å². The summed E-state index contributed by atoms with van der Waals surface area (Å²) in [6.45, 7) is 2.24. The number of amides is 1. The van der Waals surface area contributed by atoms with Gasteiger partial charge in [-0.3, -0.25) is 15.5 Å². The Bertz CT molecular complexity index is 613. The van der Waals surface area contributed by atoms with Crippen molar-refractivity contribution in [3.63, 3.8) is 0 Å². The molecule has 0 unspecified atom stereocenters. The molecule has 1 saturated heterocycles. The summed E-state index contributed by atoms with van der Waals surface area (Å²) in [5, 5.41) is 19.8. The number of carbonyl (C=O) groups is 1. The molecule has 1 aliphatic rings. The van der Waals surface area contributed by atoms with Crippen LogP contribution in [0.15, 0.2) is 22.3 Å². The number of hydrogen-bond donors (Lipinski definition) is 3. The van der Waals surface area contributed by atoms with E-state index in [2.05, 4.69) is 21.2 Å². The number of guanidine groups is 1. The summed E-state index contributed by atoms with van der Waals surface area (Å²) in [4.78, 5) is 13.2. The van der Waals surface area contributed by atoms with E-state index in [9.17, 15) is 9.90 Å². The molecular weight excluding hydrogens is 326 g/mol. The number of phenols is 1. The summed E-state index contributed by atoms with van der Waals surface area (Å²) in [5.74, 6) is 0.0552. The van der Waals surface area contributed by atoms with Gasteiger partial charge in [-0.1, -0.05) is 0 Å². The highest BCUT2D eigenvalue weighted by Gasteiger charge is 2.27. The number of aromatic hydroxyl groups is 1. The second-order valence-corrected chi connectivity index (χ2v) is 5.03. The van der Waals surface area contributed by atoms with Crippen molar-refractivity contribution in [1.82, 2.24) is 10.2 Å². The number of likely N-dealkylation sites (N-methyl/N-ethyl adjacent to an activating group) is 1. The molecule has 3 N–H and O–H groups in total. The summed E-state index contributed by atoms with van der Waals surface area (Å²) < 4.78 is 5.81. The maximum atomic E-state index is 11.7. The first-order valence-corrected chi connectivity index (χ1v) is 6.74. The summed E-state index contributed by atoms with van der Waals surface area (Å²) in [7, 11) is 1.63. The van der Waals surface area contributed by atoms with Crippen LogP contribution in [0.25, 0.3) is 6.08 Å². The Morgan fingerprint density at radius 1 is 1.55 bits per heavy atom. The molecule has 0 atom stereocenters. The summed E-state index contributed by atoms with van der Waals surface area (Å²) in [5.41, 5.74) is 1.04. The largest absolute Gasteiger partial charge is 0.503 e. The molecule has 2 rings (SSSR count). The molecule has 0 radical (unpaired) electrons. The Morgan fingerprint density at radius 2 is 2.25 bits per heavy atom. The fraction of sp³-hybridized carbons (Fsp3) is 0.231. The second kappa shape index (κ2) is 5.54. The van der Waals surface area contributed by atoms with Gasteiger partial charge in [0.05, 0.1) is 11.1 Å². The molecule has 20 heavy (non-hydrogen) atoms. The molecule has 0 aliphatic carbocycles. The van der Waals surface area contributed by atoms with Crippen molar-refractivity contribution in [3.05, 3.63) is 27.9 Å². The van der Waals surface area contributed by atoms with Crippen molar-refractivity contribution in [2.24, 2.45) is 0 Å². The van der Waals surface area contributed by atoms with Crippen LogP contribution in [0.1, 0.15) is 12.5 Å². The highest BCUT2D eigenvalue weighted by Crippen LogP contribution is 2.36. The average Bonchev–Trinajstić information content (AvgIpc) is 2.62. The minimum Gasteiger partial charge on any atom is -0.503 e. The maximum absolute atomic E-state index is 11.7. The van der Waals surface area contributed by atoms with E-state index in [1.807, 2.05) is 6.92 Å². The van der Waals surface area contributed by atoms with Crippen molar-refractivity contribution < 1.29 is 14.6 Å². The number of ether oxygens (including phenoxy) is 1. The van der Waals surface area contributed by atoms with Gasteiger partial charge in [0.2, 0.25) is 5.96 Å². The first kappa shape index (κ1) is 14.4. The van der Waals surface area contributed by atoms with Gasteiger partial charge in [0.1, 0.15) is 5.70 Å². The third-order valence-electron chi connectivity index (χ3n) is 2.82. The van der Waals surface area contributed by atoms with Crippen LogP contribution in [0.4, 0.5) is 0 Å². The predicted octanol–water partition coefficient (Wildman–Crippen LogP) is 1.89. The maximum Gasteiger partial charge on any atom is 0.274 e. The standard InChI is InChI=1S/C13H14BrN3O3/c1-3-20-10-6-7(4-8(14)11(10)18)5-9-12(19)16-13(15)17(9)2/h4-6,18H,3H2,1-2H3,(H2,15,16,19). The average molecular weight is 340 g/mol. The second-order valence-electron chi connectivity index (χ2n) is 4.17. The molecular formula is C13H14BrN3O3. The SMILES string of the molecule is CCOc1cc(C=C2C(=O)NC(=N)N2C)cc(Br)c1O. The number of carbonyl (C=O) groups excluding carboxylic acids is 1. The van der Waals surface area contributed by atoms with Crippen LogP contribution in [-0.4, -0.2) is 35.5 Å². The lowest BCUT2D eigenvalue weighted by Crippen LogP contribution is -2.25. The zero-order valence-corrected chi connectivity index (χ0v) is 12.6. The van der Waals surface area contributed by atoms with E-state index in [1.54, 1.807) is 25.3 Å². The molecule has 1 aromatic carbocycles. The first-order chi connectivity index (χ1) is 9.43. The quantitative estimate of drug-likeness (QED) is 0.734. The zero-order chi connectivity index (χ0) is 14.9. The highest BCUT2D eigenvalue weighted by atomic mass is 79.9. The first-order valence-electron chi connectivity index (χ1n) is 5.94. The van der Waals surface area contributed by atoms with Gasteiger partial charge in [-0.25, -0.2) is 0 Å². The predicted molar refractivity (Wildman–Crippen MR) is 78.6 cm³/mol. The van der Waals surface area contributed by atoms with Crippen molar-refractivity contribution in [2.75, 3.05) is 13.7 Å². The van der Waals surface area contributed by atoms with Gasteiger partial charge in [-0.15, -0.1) is 0 Å². The number of phenolic OH excluding ortho intramolecular Hbond substituents is 1. The Hall–Kier alpha value is -2.02. The lowest BCUT2D eigenvalue weighted by molar-refractivity contribution is -0.115. The molecule has 0 spiro atoms. The third-order valence-corrected chi connectivity index (χ3v) is 3.42. The van der Waals surface area contributed by atoms with E-state index in [1.165, 1.54) is 4.90 Å². The molecule has 1 fully saturated rings. The molecule has 1 aromatic rings. The zero-order valence-electron chi connectivity index (χ0n) is 11.0. The van der Waals surface area contributed by atoms with E-state index < -0.39 is 0 Å². The summed E-state index contributed by atoms with van der Waals surface area (Å²) in [6.07, 6.45) is 1.63. The lowest BCUT2D eigenvalue weighted by Gasteiger charge is -2.11. The lowest BCUT2D eigenvalue weighted by atomic mass is 10.1. The fourth-order valence-corrected chi connectivity index (χ4v) is 2.25. The number of rotatable bonds is 3. The Kier molecular flexibility index (Phi) is 3.99. The summed E-state index contributed by atoms with van der Waals surface area (Å²) >= 11 is 3.24. The Morgan fingerprint density at radius 3 is 2.80 bits per heavy atom. The normalized spacial score (nSPS) is 16.8. The van der Waals surface area contributed by atoms with Crippen molar-refractivity contribution in [1.29, 1.82) is 5.41 Å². The molecule has 106 valence electrons. The smallest absolute Gasteiger partial charge is 0.274 e. The number of halogens is 1. The van der Waals surface area contributed by atoms with Gasteiger partial charge < -0.3 is 14.7 Å². The Balaban J connectivity index is 2.43. The number of nitrogens with one attached hydrogen (secondary N) is 2. The minimum absolute atomic E-state index is 0.0194. The van der Waals surface area contributed by atoms with Gasteiger partial charge in [-0.05, 0) is 46.6 Å². The van der Waals surface area contributed by atoms with Crippen LogP contribution in [0.2, 0.25) is 0 Å². The fourth-order valence-electron chi connectivity index (χ4n) is 1.79. The van der Waals surface area contributed by atoms with E-state index in [-0.39, 0.29) is 17.6 Å².